The molecule has 0 aliphatic heterocycles. The highest BCUT2D eigenvalue weighted by Crippen LogP contribution is 2.26. The number of nitrogens with zero attached hydrogens (tertiary/aromatic N) is 1. The number of hydrogen-bond donors (Lipinski definition) is 2. The maximum absolute atomic E-state index is 12.4. The van der Waals surface area contributed by atoms with Crippen molar-refractivity contribution in [1.82, 2.24) is 4.90 Å². The van der Waals surface area contributed by atoms with Crippen LogP contribution in [-0.4, -0.2) is 42.6 Å². The van der Waals surface area contributed by atoms with Gasteiger partial charge in [-0.25, -0.2) is 0 Å². The zero-order valence-electron chi connectivity index (χ0n) is 16.4. The molecule has 148 valence electrons. The van der Waals surface area contributed by atoms with Crippen LogP contribution in [0.1, 0.15) is 12.5 Å². The average Bonchev–Trinajstić information content (AvgIpc) is 2.67. The van der Waals surface area contributed by atoms with Crippen molar-refractivity contribution < 1.29 is 9.59 Å². The van der Waals surface area contributed by atoms with Crippen LogP contribution in [0.2, 0.25) is 0 Å². The molecule has 0 spiro atoms. The molecule has 2 amide bonds. The van der Waals surface area contributed by atoms with E-state index in [0.29, 0.717) is 0 Å². The lowest BCUT2D eigenvalue weighted by Gasteiger charge is -2.17. The smallest absolute Gasteiger partial charge is 0.238 e. The molecule has 2 rings (SSSR count). The monoisotopic (exact) mass is 397 g/mol. The third-order valence-electron chi connectivity index (χ3n) is 4.02. The third-order valence-corrected chi connectivity index (χ3v) is 5.09. The van der Waals surface area contributed by atoms with Crippen molar-refractivity contribution in [2.45, 2.75) is 18.2 Å². The molecule has 5 nitrogen and oxygen atoms in total. The number of para-hydroxylation sites is 2. The first-order valence-electron chi connectivity index (χ1n) is 9.22. The fraction of sp³-hybridized carbons (Fsp3) is 0.273. The maximum Gasteiger partial charge on any atom is 0.238 e. The molecule has 0 aliphatic rings. The van der Waals surface area contributed by atoms with Crippen molar-refractivity contribution in [1.29, 1.82) is 0 Å². The summed E-state index contributed by atoms with van der Waals surface area (Å²) in [6.45, 7) is 6.04. The second-order valence-corrected chi connectivity index (χ2v) is 7.44. The van der Waals surface area contributed by atoms with Gasteiger partial charge in [0.1, 0.15) is 0 Å². The van der Waals surface area contributed by atoms with Gasteiger partial charge in [0.2, 0.25) is 11.8 Å². The van der Waals surface area contributed by atoms with Gasteiger partial charge < -0.3 is 10.6 Å². The van der Waals surface area contributed by atoms with E-state index in [2.05, 4.69) is 17.2 Å². The SMILES string of the molecule is C=CCSc1ccccc1NC(=O)CN(C)CC(=O)Nc1ccccc1CC. The van der Waals surface area contributed by atoms with Crippen molar-refractivity contribution in [2.24, 2.45) is 0 Å². The third kappa shape index (κ3) is 6.87. The molecule has 0 bridgehead atoms. The molecule has 0 unspecified atom stereocenters. The fourth-order valence-electron chi connectivity index (χ4n) is 2.72. The topological polar surface area (TPSA) is 61.4 Å². The van der Waals surface area contributed by atoms with E-state index in [1.54, 1.807) is 23.7 Å². The second kappa shape index (κ2) is 11.3. The first kappa shape index (κ1) is 21.7. The maximum atomic E-state index is 12.4. The lowest BCUT2D eigenvalue weighted by Crippen LogP contribution is -2.36. The number of amides is 2. The zero-order chi connectivity index (χ0) is 20.4. The summed E-state index contributed by atoms with van der Waals surface area (Å²) in [5.74, 6) is 0.473. The van der Waals surface area contributed by atoms with E-state index in [-0.39, 0.29) is 24.9 Å². The summed E-state index contributed by atoms with van der Waals surface area (Å²) in [4.78, 5) is 27.4. The Kier molecular flexibility index (Phi) is 8.78. The first-order chi connectivity index (χ1) is 13.5. The highest BCUT2D eigenvalue weighted by Gasteiger charge is 2.13. The zero-order valence-corrected chi connectivity index (χ0v) is 17.2. The molecule has 0 saturated heterocycles. The van der Waals surface area contributed by atoms with Crippen molar-refractivity contribution in [2.75, 3.05) is 36.5 Å². The Morgan fingerprint density at radius 1 is 1.00 bits per heavy atom. The minimum atomic E-state index is -0.157. The van der Waals surface area contributed by atoms with Crippen molar-refractivity contribution in [3.05, 3.63) is 66.7 Å². The number of aryl methyl sites for hydroxylation is 1. The van der Waals surface area contributed by atoms with E-state index < -0.39 is 0 Å². The Bertz CT molecular complexity index is 823. The lowest BCUT2D eigenvalue weighted by molar-refractivity contribution is -0.119. The van der Waals surface area contributed by atoms with Crippen LogP contribution in [0.4, 0.5) is 11.4 Å². The van der Waals surface area contributed by atoms with Gasteiger partial charge in [0.25, 0.3) is 0 Å². The van der Waals surface area contributed by atoms with Crippen molar-refractivity contribution >= 4 is 35.0 Å². The fourth-order valence-corrected chi connectivity index (χ4v) is 3.47. The van der Waals surface area contributed by atoms with Crippen LogP contribution in [0.5, 0.6) is 0 Å². The average molecular weight is 398 g/mol. The van der Waals surface area contributed by atoms with Gasteiger partial charge in [-0.15, -0.1) is 18.3 Å². The molecule has 0 fully saturated rings. The predicted molar refractivity (Wildman–Crippen MR) is 118 cm³/mol. The van der Waals surface area contributed by atoms with Crippen LogP contribution in [-0.2, 0) is 16.0 Å². The molecule has 0 saturated carbocycles. The van der Waals surface area contributed by atoms with Crippen molar-refractivity contribution in [3.8, 4) is 0 Å². The number of carbonyl (C=O) groups excluding carboxylic acids is 2. The Labute approximate surface area is 171 Å². The quantitative estimate of drug-likeness (QED) is 0.469. The summed E-state index contributed by atoms with van der Waals surface area (Å²) in [6.07, 6.45) is 2.67. The summed E-state index contributed by atoms with van der Waals surface area (Å²) in [5.41, 5.74) is 2.68. The molecule has 6 heteroatoms. The molecule has 2 aromatic carbocycles. The molecule has 28 heavy (non-hydrogen) atoms. The Morgan fingerprint density at radius 3 is 2.21 bits per heavy atom. The van der Waals surface area contributed by atoms with Crippen LogP contribution < -0.4 is 10.6 Å². The molecule has 2 aromatic rings. The van der Waals surface area contributed by atoms with E-state index >= 15 is 0 Å². The van der Waals surface area contributed by atoms with Crippen LogP contribution in [0.25, 0.3) is 0 Å². The molecule has 0 aliphatic carbocycles. The summed E-state index contributed by atoms with van der Waals surface area (Å²) in [7, 11) is 1.75. The Balaban J connectivity index is 1.87. The van der Waals surface area contributed by atoms with Crippen molar-refractivity contribution in [3.63, 3.8) is 0 Å². The standard InChI is InChI=1S/C22H27N3O2S/c1-4-14-28-20-13-9-8-12-19(20)24-22(27)16-25(3)15-21(26)23-18-11-7-6-10-17(18)5-2/h4,6-13H,1,5,14-16H2,2-3H3,(H,23,26)(H,24,27). The number of carbonyl (C=O) groups is 2. The van der Waals surface area contributed by atoms with Gasteiger partial charge in [-0.3, -0.25) is 14.5 Å². The minimum absolute atomic E-state index is 0.128. The number of anilines is 2. The number of likely N-dealkylation sites (N-methyl/N-ethyl adjacent to an activating group) is 1. The summed E-state index contributed by atoms with van der Waals surface area (Å²) in [5, 5.41) is 5.85. The van der Waals surface area contributed by atoms with Gasteiger partial charge in [-0.2, -0.15) is 0 Å². The lowest BCUT2D eigenvalue weighted by atomic mass is 10.1. The van der Waals surface area contributed by atoms with E-state index in [1.807, 2.05) is 61.5 Å². The predicted octanol–water partition coefficient (Wildman–Crippen LogP) is 4.04. The molecular weight excluding hydrogens is 370 g/mol. The second-order valence-electron chi connectivity index (χ2n) is 6.38. The molecular formula is C22H27N3O2S. The molecule has 0 atom stereocenters. The number of rotatable bonds is 10. The molecule has 2 N–H and O–H groups in total. The van der Waals surface area contributed by atoms with Gasteiger partial charge in [-0.05, 0) is 37.2 Å². The summed E-state index contributed by atoms with van der Waals surface area (Å²) in [6, 6.07) is 15.4. The summed E-state index contributed by atoms with van der Waals surface area (Å²) >= 11 is 1.61. The number of thioether (sulfide) groups is 1. The van der Waals surface area contributed by atoms with Crippen LogP contribution in [0.15, 0.2) is 66.1 Å². The van der Waals surface area contributed by atoms with Crippen LogP contribution >= 0.6 is 11.8 Å². The number of benzene rings is 2. The van der Waals surface area contributed by atoms with Gasteiger partial charge in [0.05, 0.1) is 18.8 Å². The number of hydrogen-bond acceptors (Lipinski definition) is 4. The number of nitrogens with one attached hydrogen (secondary N) is 2. The van der Waals surface area contributed by atoms with E-state index in [9.17, 15) is 9.59 Å². The highest BCUT2D eigenvalue weighted by atomic mass is 32.2. The Morgan fingerprint density at radius 2 is 1.57 bits per heavy atom. The van der Waals surface area contributed by atoms with E-state index in [1.165, 1.54) is 0 Å². The molecule has 0 radical (unpaired) electrons. The van der Waals surface area contributed by atoms with Gasteiger partial charge in [0, 0.05) is 16.3 Å². The van der Waals surface area contributed by atoms with E-state index in [0.717, 1.165) is 34.0 Å². The summed E-state index contributed by atoms with van der Waals surface area (Å²) < 4.78 is 0. The minimum Gasteiger partial charge on any atom is -0.325 e. The van der Waals surface area contributed by atoms with E-state index in [4.69, 9.17) is 0 Å². The van der Waals surface area contributed by atoms with Crippen LogP contribution in [0.3, 0.4) is 0 Å². The van der Waals surface area contributed by atoms with Gasteiger partial charge in [-0.1, -0.05) is 43.3 Å². The van der Waals surface area contributed by atoms with Gasteiger partial charge >= 0.3 is 0 Å². The van der Waals surface area contributed by atoms with Gasteiger partial charge in [0.15, 0.2) is 0 Å². The van der Waals surface area contributed by atoms with Crippen LogP contribution in [0, 0.1) is 0 Å². The Hall–Kier alpha value is -2.57. The molecule has 0 aromatic heterocycles. The largest absolute Gasteiger partial charge is 0.325 e. The molecule has 0 heterocycles. The normalized spacial score (nSPS) is 10.5. The highest BCUT2D eigenvalue weighted by molar-refractivity contribution is 7.99. The first-order valence-corrected chi connectivity index (χ1v) is 10.2.